The molecule has 52 valence electrons. The molecule has 1 heterocycles. The molecule has 0 unspecified atom stereocenters. The third-order valence-electron chi connectivity index (χ3n) is 1.42. The van der Waals surface area contributed by atoms with Gasteiger partial charge in [0.05, 0.1) is 6.07 Å². The van der Waals surface area contributed by atoms with E-state index in [1.54, 1.807) is 0 Å². The number of rotatable bonds is 3. The van der Waals surface area contributed by atoms with E-state index in [0.29, 0.717) is 6.42 Å². The molecule has 0 amide bonds. The third-order valence-corrected chi connectivity index (χ3v) is 1.42. The Labute approximate surface area is 60.5 Å². The maximum absolute atomic E-state index is 8.24. The monoisotopic (exact) mass is 134 g/mol. The average molecular weight is 134 g/mol. The van der Waals surface area contributed by atoms with Crippen LogP contribution in [0.15, 0.2) is 18.5 Å². The first-order chi connectivity index (χ1) is 4.93. The molecule has 1 rings (SSSR count). The number of nitrogens with one attached hydrogen (secondary N) is 1. The number of aromatic nitrogens is 1. The summed E-state index contributed by atoms with van der Waals surface area (Å²) in [4.78, 5) is 2.97. The fourth-order valence-electron chi connectivity index (χ4n) is 0.885. The molecule has 0 aliphatic heterocycles. The van der Waals surface area contributed by atoms with Crippen LogP contribution in [0.2, 0.25) is 0 Å². The number of unbranched alkanes of at least 4 members (excludes halogenated alkanes) is 1. The molecule has 2 heteroatoms. The summed E-state index contributed by atoms with van der Waals surface area (Å²) in [6.07, 6.45) is 6.51. The molecule has 0 aliphatic rings. The van der Waals surface area contributed by atoms with Crippen molar-refractivity contribution in [2.45, 2.75) is 19.3 Å². The van der Waals surface area contributed by atoms with E-state index in [9.17, 15) is 0 Å². The Morgan fingerprint density at radius 1 is 1.60 bits per heavy atom. The fraction of sp³-hybridized carbons (Fsp3) is 0.375. The minimum absolute atomic E-state index is 0.658. The summed E-state index contributed by atoms with van der Waals surface area (Å²) in [6.45, 7) is 0. The van der Waals surface area contributed by atoms with E-state index in [2.05, 4.69) is 11.1 Å². The first-order valence-electron chi connectivity index (χ1n) is 3.42. The van der Waals surface area contributed by atoms with E-state index < -0.39 is 0 Å². The quantitative estimate of drug-likeness (QED) is 0.630. The number of nitrogens with zero attached hydrogens (tertiary/aromatic N) is 1. The Balaban J connectivity index is 2.23. The summed E-state index contributed by atoms with van der Waals surface area (Å²) >= 11 is 0. The molecule has 0 atom stereocenters. The predicted molar refractivity (Wildman–Crippen MR) is 39.3 cm³/mol. The van der Waals surface area contributed by atoms with Gasteiger partial charge in [0.25, 0.3) is 0 Å². The summed E-state index contributed by atoms with van der Waals surface area (Å²) in [6, 6.07) is 4.16. The van der Waals surface area contributed by atoms with Crippen LogP contribution in [0.25, 0.3) is 0 Å². The van der Waals surface area contributed by atoms with Gasteiger partial charge in [0.2, 0.25) is 0 Å². The zero-order valence-electron chi connectivity index (χ0n) is 5.80. The van der Waals surface area contributed by atoms with Crippen LogP contribution in [-0.2, 0) is 6.42 Å². The Bertz CT molecular complexity index is 206. The van der Waals surface area contributed by atoms with Crippen LogP contribution in [-0.4, -0.2) is 4.98 Å². The van der Waals surface area contributed by atoms with Crippen LogP contribution in [0.4, 0.5) is 0 Å². The van der Waals surface area contributed by atoms with Crippen molar-refractivity contribution < 1.29 is 0 Å². The van der Waals surface area contributed by atoms with Gasteiger partial charge in [-0.3, -0.25) is 0 Å². The van der Waals surface area contributed by atoms with Crippen molar-refractivity contribution in [2.75, 3.05) is 0 Å². The average Bonchev–Trinajstić information content (AvgIpc) is 2.41. The Morgan fingerprint density at radius 2 is 2.50 bits per heavy atom. The van der Waals surface area contributed by atoms with Crippen LogP contribution in [0.1, 0.15) is 18.4 Å². The van der Waals surface area contributed by atoms with Crippen molar-refractivity contribution in [3.8, 4) is 6.07 Å². The van der Waals surface area contributed by atoms with E-state index in [0.717, 1.165) is 12.8 Å². The highest BCUT2D eigenvalue weighted by atomic mass is 14.6. The second kappa shape index (κ2) is 3.73. The molecule has 0 radical (unpaired) electrons. The highest BCUT2D eigenvalue weighted by Gasteiger charge is 1.90. The van der Waals surface area contributed by atoms with Gasteiger partial charge in [-0.1, -0.05) is 0 Å². The van der Waals surface area contributed by atoms with Gasteiger partial charge in [0, 0.05) is 18.8 Å². The fourth-order valence-corrected chi connectivity index (χ4v) is 0.885. The number of H-pyrrole nitrogens is 1. The van der Waals surface area contributed by atoms with E-state index in [1.165, 1.54) is 5.56 Å². The van der Waals surface area contributed by atoms with Crippen molar-refractivity contribution in [1.82, 2.24) is 4.98 Å². The lowest BCUT2D eigenvalue weighted by atomic mass is 10.1. The van der Waals surface area contributed by atoms with Crippen LogP contribution in [0, 0.1) is 11.3 Å². The molecule has 2 nitrogen and oxygen atoms in total. The largest absolute Gasteiger partial charge is 0.367 e. The van der Waals surface area contributed by atoms with Crippen LogP contribution in [0.3, 0.4) is 0 Å². The first-order valence-corrected chi connectivity index (χ1v) is 3.42. The molecule has 0 aliphatic carbocycles. The standard InChI is InChI=1S/C8H10N2/c9-5-2-1-3-8-4-6-10-7-8/h4,6-7,10H,1-3H2. The van der Waals surface area contributed by atoms with Gasteiger partial charge in [-0.2, -0.15) is 5.26 Å². The second-order valence-corrected chi connectivity index (χ2v) is 2.23. The van der Waals surface area contributed by atoms with E-state index in [1.807, 2.05) is 18.5 Å². The van der Waals surface area contributed by atoms with Gasteiger partial charge in [0.15, 0.2) is 0 Å². The molecular formula is C8H10N2. The first kappa shape index (κ1) is 6.88. The summed E-state index contributed by atoms with van der Waals surface area (Å²) in [5, 5.41) is 8.24. The van der Waals surface area contributed by atoms with E-state index in [4.69, 9.17) is 5.26 Å². The minimum Gasteiger partial charge on any atom is -0.367 e. The molecule has 0 aromatic carbocycles. The zero-order valence-corrected chi connectivity index (χ0v) is 5.80. The van der Waals surface area contributed by atoms with Crippen molar-refractivity contribution in [3.63, 3.8) is 0 Å². The van der Waals surface area contributed by atoms with Crippen LogP contribution < -0.4 is 0 Å². The smallest absolute Gasteiger partial charge is 0.0621 e. The number of aryl methyl sites for hydroxylation is 1. The number of nitriles is 1. The Kier molecular flexibility index (Phi) is 2.57. The Morgan fingerprint density at radius 3 is 3.10 bits per heavy atom. The van der Waals surface area contributed by atoms with Gasteiger partial charge >= 0.3 is 0 Å². The lowest BCUT2D eigenvalue weighted by Gasteiger charge is -1.89. The SMILES string of the molecule is N#CCCCc1cc[nH]c1. The summed E-state index contributed by atoms with van der Waals surface area (Å²) in [7, 11) is 0. The molecule has 1 aromatic heterocycles. The number of hydrogen-bond acceptors (Lipinski definition) is 1. The molecule has 1 N–H and O–H groups in total. The zero-order chi connectivity index (χ0) is 7.23. The third kappa shape index (κ3) is 1.94. The molecule has 0 saturated heterocycles. The molecular weight excluding hydrogens is 124 g/mol. The summed E-state index contributed by atoms with van der Waals surface area (Å²) < 4.78 is 0. The predicted octanol–water partition coefficient (Wildman–Crippen LogP) is 1.86. The molecule has 1 aromatic rings. The topological polar surface area (TPSA) is 39.6 Å². The molecule has 0 fully saturated rings. The van der Waals surface area contributed by atoms with Gasteiger partial charge in [-0.05, 0) is 24.5 Å². The molecule has 10 heavy (non-hydrogen) atoms. The van der Waals surface area contributed by atoms with E-state index in [-0.39, 0.29) is 0 Å². The highest BCUT2D eigenvalue weighted by Crippen LogP contribution is 2.01. The van der Waals surface area contributed by atoms with E-state index >= 15 is 0 Å². The summed E-state index contributed by atoms with van der Waals surface area (Å²) in [5.74, 6) is 0. The normalized spacial score (nSPS) is 9.10. The number of hydrogen-bond donors (Lipinski definition) is 1. The minimum atomic E-state index is 0.658. The van der Waals surface area contributed by atoms with Gasteiger partial charge < -0.3 is 4.98 Å². The molecule has 0 spiro atoms. The lowest BCUT2D eigenvalue weighted by molar-refractivity contribution is 0.851. The van der Waals surface area contributed by atoms with Crippen molar-refractivity contribution >= 4 is 0 Å². The second-order valence-electron chi connectivity index (χ2n) is 2.23. The van der Waals surface area contributed by atoms with Crippen LogP contribution >= 0.6 is 0 Å². The number of aromatic amines is 1. The highest BCUT2D eigenvalue weighted by molar-refractivity contribution is 5.08. The molecule has 0 bridgehead atoms. The maximum atomic E-state index is 8.24. The lowest BCUT2D eigenvalue weighted by Crippen LogP contribution is -1.79. The van der Waals surface area contributed by atoms with Crippen molar-refractivity contribution in [3.05, 3.63) is 24.0 Å². The van der Waals surface area contributed by atoms with Crippen molar-refractivity contribution in [1.29, 1.82) is 5.26 Å². The van der Waals surface area contributed by atoms with Crippen LogP contribution in [0.5, 0.6) is 0 Å². The molecule has 0 saturated carbocycles. The maximum Gasteiger partial charge on any atom is 0.0621 e. The van der Waals surface area contributed by atoms with Crippen molar-refractivity contribution in [2.24, 2.45) is 0 Å². The van der Waals surface area contributed by atoms with Gasteiger partial charge in [-0.25, -0.2) is 0 Å². The Hall–Kier alpha value is -1.23. The summed E-state index contributed by atoms with van der Waals surface area (Å²) in [5.41, 5.74) is 1.29. The van der Waals surface area contributed by atoms with Gasteiger partial charge in [-0.15, -0.1) is 0 Å². The van der Waals surface area contributed by atoms with Gasteiger partial charge in [0.1, 0.15) is 0 Å².